The van der Waals surface area contributed by atoms with Crippen molar-refractivity contribution < 1.29 is 24.5 Å². The molecule has 1 aromatic heterocycles. The first-order valence-electron chi connectivity index (χ1n) is 5.11. The van der Waals surface area contributed by atoms with Crippen molar-refractivity contribution in [2.45, 2.75) is 25.5 Å². The third-order valence-corrected chi connectivity index (χ3v) is 2.54. The van der Waals surface area contributed by atoms with Gasteiger partial charge in [-0.1, -0.05) is 5.21 Å². The van der Waals surface area contributed by atoms with E-state index in [0.29, 0.717) is 6.61 Å². The molecule has 0 saturated carbocycles. The van der Waals surface area contributed by atoms with Crippen molar-refractivity contribution in [2.24, 2.45) is 0 Å². The Labute approximate surface area is 95.8 Å². The largest absolute Gasteiger partial charge is 0.476 e. The molecule has 1 aliphatic heterocycles. The van der Waals surface area contributed by atoms with E-state index in [1.807, 2.05) is 0 Å². The lowest BCUT2D eigenvalue weighted by molar-refractivity contribution is 0.0628. The number of rotatable bonds is 4. The maximum atomic E-state index is 11.0. The van der Waals surface area contributed by atoms with Gasteiger partial charge in [-0.3, -0.25) is 0 Å². The van der Waals surface area contributed by atoms with Gasteiger partial charge in [0.25, 0.3) is 0 Å². The lowest BCUT2D eigenvalue weighted by Crippen LogP contribution is -2.21. The normalized spacial score (nSPS) is 19.4. The molecule has 2 N–H and O–H groups in total. The molecule has 1 aromatic rings. The van der Waals surface area contributed by atoms with Crippen LogP contribution in [-0.2, 0) is 11.3 Å². The van der Waals surface area contributed by atoms with E-state index in [1.54, 1.807) is 0 Å². The highest BCUT2D eigenvalue weighted by Gasteiger charge is 2.27. The summed E-state index contributed by atoms with van der Waals surface area (Å²) in [4.78, 5) is 21.7. The average molecular weight is 241 g/mol. The summed E-state index contributed by atoms with van der Waals surface area (Å²) in [7, 11) is 0. The van der Waals surface area contributed by atoms with E-state index in [4.69, 9.17) is 14.9 Å². The SMILES string of the molecule is O=C(O)c1nnn(CC2CCCO2)c1C(=O)O. The summed E-state index contributed by atoms with van der Waals surface area (Å²) in [6.45, 7) is 0.843. The van der Waals surface area contributed by atoms with Gasteiger partial charge in [0.2, 0.25) is 5.69 Å². The van der Waals surface area contributed by atoms with Gasteiger partial charge in [-0.25, -0.2) is 14.3 Å². The monoisotopic (exact) mass is 241 g/mol. The number of ether oxygens (including phenoxy) is 1. The predicted molar refractivity (Wildman–Crippen MR) is 52.9 cm³/mol. The summed E-state index contributed by atoms with van der Waals surface area (Å²) >= 11 is 0. The Morgan fingerprint density at radius 3 is 2.71 bits per heavy atom. The van der Waals surface area contributed by atoms with Crippen LogP contribution in [0, 0.1) is 0 Å². The molecular formula is C9H11N3O5. The van der Waals surface area contributed by atoms with Crippen LogP contribution in [0.1, 0.15) is 33.8 Å². The second kappa shape index (κ2) is 4.50. The second-order valence-electron chi connectivity index (χ2n) is 3.71. The topological polar surface area (TPSA) is 115 Å². The molecule has 0 spiro atoms. The molecule has 0 amide bonds. The third-order valence-electron chi connectivity index (χ3n) is 2.54. The van der Waals surface area contributed by atoms with Crippen molar-refractivity contribution in [2.75, 3.05) is 6.61 Å². The van der Waals surface area contributed by atoms with Gasteiger partial charge >= 0.3 is 11.9 Å². The van der Waals surface area contributed by atoms with Crippen LogP contribution >= 0.6 is 0 Å². The molecule has 2 heterocycles. The Kier molecular flexibility index (Phi) is 3.05. The van der Waals surface area contributed by atoms with E-state index in [2.05, 4.69) is 10.3 Å². The molecule has 1 unspecified atom stereocenters. The maximum Gasteiger partial charge on any atom is 0.359 e. The fourth-order valence-corrected chi connectivity index (χ4v) is 1.78. The Hall–Kier alpha value is -1.96. The molecule has 17 heavy (non-hydrogen) atoms. The minimum absolute atomic E-state index is 0.128. The standard InChI is InChI=1S/C9H11N3O5/c13-8(14)6-7(9(15)16)12(11-10-6)4-5-2-1-3-17-5/h5H,1-4H2,(H,13,14)(H,15,16). The molecule has 1 saturated heterocycles. The fraction of sp³-hybridized carbons (Fsp3) is 0.556. The van der Waals surface area contributed by atoms with Crippen molar-refractivity contribution in [3.63, 3.8) is 0 Å². The van der Waals surface area contributed by atoms with Crippen LogP contribution < -0.4 is 0 Å². The number of aromatic nitrogens is 3. The van der Waals surface area contributed by atoms with Gasteiger partial charge in [0.1, 0.15) is 0 Å². The smallest absolute Gasteiger partial charge is 0.359 e. The molecule has 92 valence electrons. The number of hydrogen-bond donors (Lipinski definition) is 2. The van der Waals surface area contributed by atoms with Crippen LogP contribution in [0.3, 0.4) is 0 Å². The summed E-state index contributed by atoms with van der Waals surface area (Å²) in [5.41, 5.74) is -0.955. The highest BCUT2D eigenvalue weighted by Crippen LogP contribution is 2.15. The molecule has 1 atom stereocenters. The van der Waals surface area contributed by atoms with Crippen LogP contribution in [0.25, 0.3) is 0 Å². The minimum Gasteiger partial charge on any atom is -0.476 e. The number of nitrogens with zero attached hydrogens (tertiary/aromatic N) is 3. The van der Waals surface area contributed by atoms with Crippen LogP contribution in [0.5, 0.6) is 0 Å². The minimum atomic E-state index is -1.40. The number of carboxylic acids is 2. The molecule has 8 nitrogen and oxygen atoms in total. The highest BCUT2D eigenvalue weighted by molar-refractivity contribution is 5.98. The summed E-state index contributed by atoms with van der Waals surface area (Å²) in [6, 6.07) is 0. The van der Waals surface area contributed by atoms with Crippen molar-refractivity contribution in [3.05, 3.63) is 11.4 Å². The van der Waals surface area contributed by atoms with Crippen molar-refractivity contribution in [1.29, 1.82) is 0 Å². The number of carboxylic acid groups (broad SMARTS) is 2. The first-order valence-corrected chi connectivity index (χ1v) is 5.11. The molecule has 0 aromatic carbocycles. The van der Waals surface area contributed by atoms with E-state index in [9.17, 15) is 9.59 Å². The zero-order valence-electron chi connectivity index (χ0n) is 8.87. The first-order chi connectivity index (χ1) is 8.09. The van der Waals surface area contributed by atoms with E-state index in [0.717, 1.165) is 17.5 Å². The number of aromatic carboxylic acids is 2. The Balaban J connectivity index is 2.26. The summed E-state index contributed by atoms with van der Waals surface area (Å²) in [5, 5.41) is 24.6. The first kappa shape index (κ1) is 11.5. The van der Waals surface area contributed by atoms with Gasteiger partial charge in [0.15, 0.2) is 5.69 Å². The van der Waals surface area contributed by atoms with Crippen LogP contribution in [-0.4, -0.2) is 49.9 Å². The molecule has 0 aliphatic carbocycles. The molecule has 0 radical (unpaired) electrons. The number of hydrogen-bond acceptors (Lipinski definition) is 5. The van der Waals surface area contributed by atoms with Crippen LogP contribution in [0.4, 0.5) is 0 Å². The third kappa shape index (κ3) is 2.26. The highest BCUT2D eigenvalue weighted by atomic mass is 16.5. The van der Waals surface area contributed by atoms with E-state index < -0.39 is 23.3 Å². The lowest BCUT2D eigenvalue weighted by Gasteiger charge is -2.09. The molecular weight excluding hydrogens is 230 g/mol. The van der Waals surface area contributed by atoms with Gasteiger partial charge in [-0.05, 0) is 12.8 Å². The maximum absolute atomic E-state index is 11.0. The van der Waals surface area contributed by atoms with E-state index in [1.165, 1.54) is 0 Å². The van der Waals surface area contributed by atoms with E-state index >= 15 is 0 Å². The van der Waals surface area contributed by atoms with Crippen molar-refractivity contribution >= 4 is 11.9 Å². The predicted octanol–water partition coefficient (Wildman–Crippen LogP) is -0.147. The average Bonchev–Trinajstić information content (AvgIpc) is 2.86. The van der Waals surface area contributed by atoms with Gasteiger partial charge in [0.05, 0.1) is 12.6 Å². The zero-order chi connectivity index (χ0) is 12.4. The molecule has 2 rings (SSSR count). The van der Waals surface area contributed by atoms with Crippen molar-refractivity contribution in [1.82, 2.24) is 15.0 Å². The zero-order valence-corrected chi connectivity index (χ0v) is 8.87. The quantitative estimate of drug-likeness (QED) is 0.753. The Morgan fingerprint density at radius 1 is 1.41 bits per heavy atom. The Morgan fingerprint density at radius 2 is 2.18 bits per heavy atom. The van der Waals surface area contributed by atoms with Crippen LogP contribution in [0.2, 0.25) is 0 Å². The summed E-state index contributed by atoms with van der Waals surface area (Å²) in [5.74, 6) is -2.76. The Bertz CT molecular complexity index is 449. The molecule has 1 aliphatic rings. The van der Waals surface area contributed by atoms with Crippen LogP contribution in [0.15, 0.2) is 0 Å². The second-order valence-corrected chi connectivity index (χ2v) is 3.71. The fourth-order valence-electron chi connectivity index (χ4n) is 1.78. The number of carbonyl (C=O) groups is 2. The summed E-state index contributed by atoms with van der Waals surface area (Å²) in [6.07, 6.45) is 1.59. The van der Waals surface area contributed by atoms with Gasteiger partial charge in [0, 0.05) is 6.61 Å². The molecule has 0 bridgehead atoms. The van der Waals surface area contributed by atoms with Gasteiger partial charge in [-0.2, -0.15) is 0 Å². The molecule has 1 fully saturated rings. The van der Waals surface area contributed by atoms with Crippen molar-refractivity contribution in [3.8, 4) is 0 Å². The summed E-state index contributed by atoms with van der Waals surface area (Å²) < 4.78 is 6.40. The van der Waals surface area contributed by atoms with Gasteiger partial charge < -0.3 is 14.9 Å². The van der Waals surface area contributed by atoms with E-state index in [-0.39, 0.29) is 12.6 Å². The lowest BCUT2D eigenvalue weighted by atomic mass is 10.2. The molecule has 8 heteroatoms. The van der Waals surface area contributed by atoms with Gasteiger partial charge in [-0.15, -0.1) is 5.10 Å².